The number of aryl methyl sites for hydroxylation is 1. The number of amidine groups is 1. The number of hydrogen-bond acceptors (Lipinski definition) is 6. The molecule has 0 bridgehead atoms. The Morgan fingerprint density at radius 1 is 1.38 bits per heavy atom. The molecule has 0 amide bonds. The van der Waals surface area contributed by atoms with Crippen LogP contribution in [0.5, 0.6) is 0 Å². The Morgan fingerprint density at radius 2 is 2.17 bits per heavy atom. The Kier molecular flexibility index (Phi) is 3.82. The number of nitrogen functional groups attached to an aromatic ring is 1. The summed E-state index contributed by atoms with van der Waals surface area (Å²) in [5.41, 5.74) is 7.30. The summed E-state index contributed by atoms with van der Waals surface area (Å²) in [6.45, 7) is 0.391. The van der Waals surface area contributed by atoms with E-state index in [2.05, 4.69) is 20.3 Å². The predicted octanol–water partition coefficient (Wildman–Crippen LogP) is 0.958. The minimum atomic E-state index is -0.983. The Labute approximate surface area is 136 Å². The molecule has 1 aromatic carbocycles. The Bertz CT molecular complexity index is 931. The maximum Gasteiger partial charge on any atom is 0.335 e. The summed E-state index contributed by atoms with van der Waals surface area (Å²) < 4.78 is 1.88. The highest BCUT2D eigenvalue weighted by Gasteiger charge is 2.11. The molecule has 0 spiro atoms. The molecule has 0 saturated carbocycles. The molecule has 3 rings (SSSR count). The van der Waals surface area contributed by atoms with Gasteiger partial charge in [0, 0.05) is 7.05 Å². The quantitative estimate of drug-likeness (QED) is 0.404. The molecule has 2 aromatic heterocycles. The van der Waals surface area contributed by atoms with Crippen LogP contribution in [-0.4, -0.2) is 36.4 Å². The number of hydrogen-bond donors (Lipinski definition) is 4. The van der Waals surface area contributed by atoms with Gasteiger partial charge in [-0.15, -0.1) is 0 Å². The fourth-order valence-electron chi connectivity index (χ4n) is 2.27. The molecule has 3 aromatic rings. The van der Waals surface area contributed by atoms with Crippen molar-refractivity contribution in [2.45, 2.75) is 6.54 Å². The zero-order chi connectivity index (χ0) is 17.3. The number of nitrogens with zero attached hydrogens (tertiary/aromatic N) is 4. The number of benzene rings is 1. The second-order valence-electron chi connectivity index (χ2n) is 5.15. The van der Waals surface area contributed by atoms with Crippen molar-refractivity contribution in [2.75, 3.05) is 5.32 Å². The van der Waals surface area contributed by atoms with Gasteiger partial charge in [-0.3, -0.25) is 5.41 Å². The second-order valence-corrected chi connectivity index (χ2v) is 5.15. The molecule has 24 heavy (non-hydrogen) atoms. The van der Waals surface area contributed by atoms with Crippen molar-refractivity contribution in [2.24, 2.45) is 12.8 Å². The maximum absolute atomic E-state index is 11.0. The summed E-state index contributed by atoms with van der Waals surface area (Å²) >= 11 is 0. The summed E-state index contributed by atoms with van der Waals surface area (Å²) in [6.07, 6.45) is 2.90. The number of imidazole rings is 1. The molecule has 0 unspecified atom stereocenters. The second kappa shape index (κ2) is 5.95. The molecule has 0 atom stereocenters. The van der Waals surface area contributed by atoms with Gasteiger partial charge in [-0.1, -0.05) is 0 Å². The number of aromatic nitrogens is 4. The standard InChI is InChI=1S/C15H15N7O2/c1-22-11-3-2-8(15(23)24)4-9(11)21-13(22)7-20-12-6-18-10(5-19-12)14(16)17/h2-6H,7H2,1H3,(H3,16,17)(H,19,20)(H,23,24). The smallest absolute Gasteiger partial charge is 0.335 e. The molecule has 5 N–H and O–H groups in total. The van der Waals surface area contributed by atoms with E-state index >= 15 is 0 Å². The molecule has 0 radical (unpaired) electrons. The number of anilines is 1. The van der Waals surface area contributed by atoms with Crippen molar-refractivity contribution in [3.63, 3.8) is 0 Å². The molecule has 0 aliphatic rings. The minimum absolute atomic E-state index is 0.140. The molecule has 0 saturated heterocycles. The van der Waals surface area contributed by atoms with Crippen LogP contribution in [0.1, 0.15) is 21.9 Å². The van der Waals surface area contributed by atoms with E-state index in [-0.39, 0.29) is 11.4 Å². The molecule has 9 heteroatoms. The van der Waals surface area contributed by atoms with E-state index in [1.807, 2.05) is 11.6 Å². The first-order valence-corrected chi connectivity index (χ1v) is 7.04. The van der Waals surface area contributed by atoms with E-state index in [1.165, 1.54) is 12.4 Å². The van der Waals surface area contributed by atoms with Crippen LogP contribution < -0.4 is 11.1 Å². The van der Waals surface area contributed by atoms with Gasteiger partial charge in [0.15, 0.2) is 0 Å². The Morgan fingerprint density at radius 3 is 2.79 bits per heavy atom. The monoisotopic (exact) mass is 325 g/mol. The highest BCUT2D eigenvalue weighted by molar-refractivity contribution is 5.93. The fraction of sp³-hybridized carbons (Fsp3) is 0.133. The Hall–Kier alpha value is -3.49. The third-order valence-corrected chi connectivity index (χ3v) is 3.58. The first-order valence-electron chi connectivity index (χ1n) is 7.04. The van der Waals surface area contributed by atoms with Gasteiger partial charge < -0.3 is 20.7 Å². The highest BCUT2D eigenvalue weighted by Crippen LogP contribution is 2.17. The molecule has 9 nitrogen and oxygen atoms in total. The molecule has 122 valence electrons. The van der Waals surface area contributed by atoms with Crippen LogP contribution >= 0.6 is 0 Å². The van der Waals surface area contributed by atoms with E-state index in [0.29, 0.717) is 23.6 Å². The lowest BCUT2D eigenvalue weighted by molar-refractivity contribution is 0.0697. The fourth-order valence-corrected chi connectivity index (χ4v) is 2.27. The lowest BCUT2D eigenvalue weighted by Crippen LogP contribution is -2.14. The van der Waals surface area contributed by atoms with Crippen LogP contribution in [0.15, 0.2) is 30.6 Å². The number of nitrogens with one attached hydrogen (secondary N) is 2. The average Bonchev–Trinajstić information content (AvgIpc) is 2.89. The number of fused-ring (bicyclic) bond motifs is 1. The summed E-state index contributed by atoms with van der Waals surface area (Å²) in [6, 6.07) is 4.83. The van der Waals surface area contributed by atoms with Gasteiger partial charge in [0.25, 0.3) is 0 Å². The summed E-state index contributed by atoms with van der Waals surface area (Å²) in [5, 5.41) is 19.4. The van der Waals surface area contributed by atoms with Crippen LogP contribution in [-0.2, 0) is 13.6 Å². The van der Waals surface area contributed by atoms with Crippen molar-refractivity contribution in [3.05, 3.63) is 47.7 Å². The van der Waals surface area contributed by atoms with Gasteiger partial charge in [0.1, 0.15) is 23.2 Å². The van der Waals surface area contributed by atoms with Gasteiger partial charge in [0.05, 0.1) is 35.5 Å². The van der Waals surface area contributed by atoms with Crippen molar-refractivity contribution in [1.82, 2.24) is 19.5 Å². The number of carbonyl (C=O) groups is 1. The van der Waals surface area contributed by atoms with Crippen molar-refractivity contribution < 1.29 is 9.90 Å². The van der Waals surface area contributed by atoms with E-state index in [9.17, 15) is 4.79 Å². The SMILES string of the molecule is Cn1c(CNc2cnc(C(=N)N)cn2)nc2cc(C(=O)O)ccc21. The van der Waals surface area contributed by atoms with E-state index in [0.717, 1.165) is 11.3 Å². The van der Waals surface area contributed by atoms with E-state index in [4.69, 9.17) is 16.2 Å². The Balaban J connectivity index is 1.81. The minimum Gasteiger partial charge on any atom is -0.478 e. The van der Waals surface area contributed by atoms with Gasteiger partial charge >= 0.3 is 5.97 Å². The van der Waals surface area contributed by atoms with Crippen LogP contribution in [0.4, 0.5) is 5.82 Å². The third-order valence-electron chi connectivity index (χ3n) is 3.58. The topological polar surface area (TPSA) is 143 Å². The van der Waals surface area contributed by atoms with Crippen LogP contribution in [0, 0.1) is 5.41 Å². The largest absolute Gasteiger partial charge is 0.478 e. The maximum atomic E-state index is 11.0. The number of carboxylic acid groups (broad SMARTS) is 1. The number of carboxylic acids is 1. The predicted molar refractivity (Wildman–Crippen MR) is 88.0 cm³/mol. The first kappa shape index (κ1) is 15.4. The zero-order valence-corrected chi connectivity index (χ0v) is 12.8. The average molecular weight is 325 g/mol. The molecule has 0 aliphatic carbocycles. The summed E-state index contributed by atoms with van der Waals surface area (Å²) in [7, 11) is 1.86. The molecule has 2 heterocycles. The molecular formula is C15H15N7O2. The van der Waals surface area contributed by atoms with E-state index < -0.39 is 5.97 Å². The van der Waals surface area contributed by atoms with Gasteiger partial charge in [-0.05, 0) is 18.2 Å². The lowest BCUT2D eigenvalue weighted by Gasteiger charge is -2.06. The first-order chi connectivity index (χ1) is 11.5. The lowest BCUT2D eigenvalue weighted by atomic mass is 10.2. The summed E-state index contributed by atoms with van der Waals surface area (Å²) in [4.78, 5) is 23.6. The third kappa shape index (κ3) is 2.86. The van der Waals surface area contributed by atoms with Gasteiger partial charge in [0.2, 0.25) is 0 Å². The highest BCUT2D eigenvalue weighted by atomic mass is 16.4. The number of aromatic carboxylic acids is 1. The summed E-state index contributed by atoms with van der Waals surface area (Å²) in [5.74, 6) is 0.130. The van der Waals surface area contributed by atoms with Crippen LogP contribution in [0.2, 0.25) is 0 Å². The van der Waals surface area contributed by atoms with Crippen molar-refractivity contribution in [1.29, 1.82) is 5.41 Å². The van der Waals surface area contributed by atoms with Gasteiger partial charge in [-0.25, -0.2) is 19.7 Å². The van der Waals surface area contributed by atoms with Crippen molar-refractivity contribution in [3.8, 4) is 0 Å². The number of nitrogens with two attached hydrogens (primary N) is 1. The zero-order valence-electron chi connectivity index (χ0n) is 12.8. The van der Waals surface area contributed by atoms with Crippen LogP contribution in [0.25, 0.3) is 11.0 Å². The molecule has 0 fully saturated rings. The number of rotatable bonds is 5. The molecule has 0 aliphatic heterocycles. The normalized spacial score (nSPS) is 10.7. The molecular weight excluding hydrogens is 310 g/mol. The van der Waals surface area contributed by atoms with Gasteiger partial charge in [-0.2, -0.15) is 0 Å². The van der Waals surface area contributed by atoms with E-state index in [1.54, 1.807) is 18.2 Å². The van der Waals surface area contributed by atoms with Crippen molar-refractivity contribution >= 4 is 28.7 Å². The van der Waals surface area contributed by atoms with Crippen LogP contribution in [0.3, 0.4) is 0 Å².